The number of benzene rings is 2. The highest BCUT2D eigenvalue weighted by molar-refractivity contribution is 7.91. The number of phenolic OH excluding ortho intramolecular Hbond substituents is 1. The van der Waals surface area contributed by atoms with Crippen molar-refractivity contribution in [2.45, 2.75) is 35.1 Å². The lowest BCUT2D eigenvalue weighted by Gasteiger charge is -2.14. The van der Waals surface area contributed by atoms with Crippen molar-refractivity contribution < 1.29 is 66.5 Å². The Morgan fingerprint density at radius 1 is 0.911 bits per heavy atom. The summed E-state index contributed by atoms with van der Waals surface area (Å²) < 4.78 is 129. The molecule has 0 fully saturated rings. The molecule has 0 spiro atoms. The zero-order valence-corrected chi connectivity index (χ0v) is 32.0. The summed E-state index contributed by atoms with van der Waals surface area (Å²) in [6.45, 7) is 1.41. The predicted octanol–water partition coefficient (Wildman–Crippen LogP) is 1.51. The number of pyridine rings is 1. The number of aromatic nitrogens is 4. The normalized spacial score (nSPS) is 12.5. The van der Waals surface area contributed by atoms with Gasteiger partial charge in [0.05, 0.1) is 22.9 Å². The molecule has 2 heterocycles. The highest BCUT2D eigenvalue weighted by Crippen LogP contribution is 2.37. The maximum absolute atomic E-state index is 13.0. The second-order valence-corrected chi connectivity index (χ2v) is 17.1. The molecule has 0 aliphatic heterocycles. The number of hydrogen-bond donors (Lipinski definition) is 8. The number of amides is 1. The summed E-state index contributed by atoms with van der Waals surface area (Å²) in [5.74, 6) is -5.36. The van der Waals surface area contributed by atoms with Gasteiger partial charge in [-0.05, 0) is 55.8 Å². The standard InChI is InChI=1S/C26H26ClN9O16S4/c1-3-36-22(39)18(21(28)38)11(2)19(23(36)40)35-34-14-8-12(4-5-16(14)54(43,44)45)29-25-31-24(27)32-26(33-25)30-15-9-13(10-17(20(15)37)55(46,47)48)53(41,42)7-6-52-56(49,50)51/h4-5,8-10,37,39H,3,6-7H2,1-2H3,(H2,28,38)(H,43,44,45)(H,46,47,48)(H,49,50,51)(H2,29,30,31,32,33). The Bertz CT molecular complexity index is 2820. The topological polar surface area (TPSA) is 399 Å². The Morgan fingerprint density at radius 3 is 2.07 bits per heavy atom. The summed E-state index contributed by atoms with van der Waals surface area (Å²) in [4.78, 5) is 33.4. The number of phenols is 1. The average Bonchev–Trinajstić information content (AvgIpc) is 3.03. The number of azo groups is 1. The molecular weight excluding hydrogens is 858 g/mol. The SMILES string of the molecule is CCn1c(O)c(C(N)=O)c(C)c(N=Nc2cc(Nc3nc(Cl)nc(Nc4cc(S(=O)(=O)CCOS(=O)(=O)O)cc(S(=O)(=O)O)c4O)n3)ccc2S(=O)(=O)O)c1=O. The first-order chi connectivity index (χ1) is 25.7. The van der Waals surface area contributed by atoms with E-state index in [4.69, 9.17) is 21.9 Å². The van der Waals surface area contributed by atoms with Crippen LogP contribution in [-0.2, 0) is 51.2 Å². The maximum Gasteiger partial charge on any atom is 0.397 e. The summed E-state index contributed by atoms with van der Waals surface area (Å²) in [7, 11) is -20.0. The van der Waals surface area contributed by atoms with Crippen molar-refractivity contribution in [1.82, 2.24) is 19.5 Å². The van der Waals surface area contributed by atoms with Crippen molar-refractivity contribution in [2.24, 2.45) is 16.0 Å². The molecule has 0 saturated heterocycles. The van der Waals surface area contributed by atoms with Crippen LogP contribution in [0.15, 0.2) is 60.0 Å². The van der Waals surface area contributed by atoms with Crippen LogP contribution in [-0.4, -0.2) is 95.3 Å². The Morgan fingerprint density at radius 2 is 1.52 bits per heavy atom. The van der Waals surface area contributed by atoms with Gasteiger partial charge >= 0.3 is 10.4 Å². The quantitative estimate of drug-likeness (QED) is 0.0476. The first kappa shape index (κ1) is 43.3. The average molecular weight is 884 g/mol. The third kappa shape index (κ3) is 10.1. The Hall–Kier alpha value is -5.40. The fourth-order valence-corrected chi connectivity index (χ4v) is 7.64. The van der Waals surface area contributed by atoms with Crippen molar-refractivity contribution in [2.75, 3.05) is 23.0 Å². The molecule has 0 atom stereocenters. The first-order valence-electron chi connectivity index (χ1n) is 14.7. The number of carbonyl (C=O) groups is 1. The molecule has 302 valence electrons. The number of nitrogens with one attached hydrogen (secondary N) is 2. The third-order valence-electron chi connectivity index (χ3n) is 7.09. The highest BCUT2D eigenvalue weighted by atomic mass is 35.5. The van der Waals surface area contributed by atoms with Crippen molar-refractivity contribution in [3.05, 3.63) is 57.1 Å². The van der Waals surface area contributed by atoms with Gasteiger partial charge in [0.2, 0.25) is 23.1 Å². The second kappa shape index (κ2) is 16.0. The second-order valence-electron chi connectivity index (χ2n) is 10.8. The summed E-state index contributed by atoms with van der Waals surface area (Å²) in [6.07, 6.45) is 0. The summed E-state index contributed by atoms with van der Waals surface area (Å²) in [5, 5.41) is 32.8. The minimum Gasteiger partial charge on any atom is -0.504 e. The molecule has 4 aromatic rings. The van der Waals surface area contributed by atoms with Crippen molar-refractivity contribution in [3.8, 4) is 11.6 Å². The Kier molecular flexibility index (Phi) is 12.4. The minimum absolute atomic E-state index is 0.109. The Labute approximate surface area is 320 Å². The number of aromatic hydroxyl groups is 2. The number of hydrogen-bond acceptors (Lipinski definition) is 20. The molecule has 56 heavy (non-hydrogen) atoms. The smallest absolute Gasteiger partial charge is 0.397 e. The first-order valence-corrected chi connectivity index (χ1v) is 20.9. The van der Waals surface area contributed by atoms with Gasteiger partial charge < -0.3 is 26.6 Å². The molecule has 0 aliphatic rings. The fourth-order valence-electron chi connectivity index (χ4n) is 4.64. The monoisotopic (exact) mass is 883 g/mol. The van der Waals surface area contributed by atoms with Crippen molar-refractivity contribution in [3.63, 3.8) is 0 Å². The summed E-state index contributed by atoms with van der Waals surface area (Å²) >= 11 is 6.01. The largest absolute Gasteiger partial charge is 0.504 e. The van der Waals surface area contributed by atoms with Crippen LogP contribution in [0, 0.1) is 6.92 Å². The van der Waals surface area contributed by atoms with Gasteiger partial charge in [0.25, 0.3) is 31.7 Å². The van der Waals surface area contributed by atoms with Crippen LogP contribution < -0.4 is 21.9 Å². The van der Waals surface area contributed by atoms with E-state index in [0.717, 1.165) is 22.8 Å². The van der Waals surface area contributed by atoms with Gasteiger partial charge in [-0.3, -0.25) is 27.8 Å². The number of sulfone groups is 1. The van der Waals surface area contributed by atoms with Crippen LogP contribution in [0.5, 0.6) is 11.6 Å². The molecule has 1 amide bonds. The molecule has 2 aromatic carbocycles. The number of rotatable bonds is 15. The van der Waals surface area contributed by atoms with Gasteiger partial charge in [-0.2, -0.15) is 40.2 Å². The van der Waals surface area contributed by atoms with E-state index in [9.17, 15) is 62.6 Å². The van der Waals surface area contributed by atoms with E-state index in [1.165, 1.54) is 13.8 Å². The fraction of sp³-hybridized carbons (Fsp3) is 0.192. The molecule has 0 unspecified atom stereocenters. The van der Waals surface area contributed by atoms with Crippen LogP contribution in [0.25, 0.3) is 0 Å². The molecule has 9 N–H and O–H groups in total. The van der Waals surface area contributed by atoms with Gasteiger partial charge in [-0.1, -0.05) is 0 Å². The van der Waals surface area contributed by atoms with Crippen LogP contribution in [0.2, 0.25) is 5.28 Å². The highest BCUT2D eigenvalue weighted by Gasteiger charge is 2.27. The maximum atomic E-state index is 13.0. The number of carbonyl (C=O) groups excluding carboxylic acids is 1. The molecule has 0 bridgehead atoms. The zero-order valence-electron chi connectivity index (χ0n) is 28.0. The van der Waals surface area contributed by atoms with Gasteiger partial charge in [-0.25, -0.2) is 12.6 Å². The summed E-state index contributed by atoms with van der Waals surface area (Å²) in [5.41, 5.74) is 1.72. The van der Waals surface area contributed by atoms with E-state index in [1.807, 2.05) is 0 Å². The van der Waals surface area contributed by atoms with Gasteiger partial charge in [-0.15, -0.1) is 10.2 Å². The molecule has 4 rings (SSSR count). The van der Waals surface area contributed by atoms with Crippen molar-refractivity contribution >= 4 is 92.6 Å². The minimum atomic E-state index is -5.33. The lowest BCUT2D eigenvalue weighted by atomic mass is 10.1. The summed E-state index contributed by atoms with van der Waals surface area (Å²) in [6, 6.07) is 3.86. The van der Waals surface area contributed by atoms with Crippen LogP contribution in [0.4, 0.5) is 34.6 Å². The van der Waals surface area contributed by atoms with Crippen molar-refractivity contribution in [1.29, 1.82) is 0 Å². The third-order valence-corrected chi connectivity index (χ3v) is 11.2. The van der Waals surface area contributed by atoms with Gasteiger partial charge in [0.1, 0.15) is 21.0 Å². The van der Waals surface area contributed by atoms with Crippen LogP contribution in [0.1, 0.15) is 22.8 Å². The van der Waals surface area contributed by atoms with Crippen LogP contribution >= 0.6 is 11.6 Å². The van der Waals surface area contributed by atoms with E-state index in [1.54, 1.807) is 0 Å². The van der Waals surface area contributed by atoms with Crippen LogP contribution in [0.3, 0.4) is 0 Å². The number of nitrogens with two attached hydrogens (primary N) is 1. The zero-order chi connectivity index (χ0) is 42.1. The van der Waals surface area contributed by atoms with E-state index in [0.29, 0.717) is 12.1 Å². The molecule has 0 aliphatic carbocycles. The predicted molar refractivity (Wildman–Crippen MR) is 191 cm³/mol. The lowest BCUT2D eigenvalue weighted by molar-refractivity contribution is 0.0995. The number of primary amides is 1. The molecule has 2 aromatic heterocycles. The molecular formula is C26H26ClN9O16S4. The molecule has 0 radical (unpaired) electrons. The molecule has 25 nitrogen and oxygen atoms in total. The number of halogens is 1. The molecule has 0 saturated carbocycles. The van der Waals surface area contributed by atoms with E-state index in [2.05, 4.69) is 40.0 Å². The van der Waals surface area contributed by atoms with E-state index in [-0.39, 0.29) is 17.8 Å². The number of nitrogens with zero attached hydrogens (tertiary/aromatic N) is 6. The van der Waals surface area contributed by atoms with E-state index >= 15 is 0 Å². The lowest BCUT2D eigenvalue weighted by Crippen LogP contribution is -2.25. The Balaban J connectivity index is 1.76. The van der Waals surface area contributed by atoms with E-state index < -0.39 is 130 Å². The van der Waals surface area contributed by atoms with Gasteiger partial charge in [0.15, 0.2) is 21.3 Å². The number of anilines is 4. The van der Waals surface area contributed by atoms with Gasteiger partial charge in [0, 0.05) is 17.8 Å². The molecule has 30 heteroatoms.